The molecular formula is C13H21NO. The van der Waals surface area contributed by atoms with E-state index in [9.17, 15) is 5.11 Å². The predicted octanol–water partition coefficient (Wildman–Crippen LogP) is 1.93. The van der Waals surface area contributed by atoms with Crippen molar-refractivity contribution in [3.8, 4) is 0 Å². The summed E-state index contributed by atoms with van der Waals surface area (Å²) in [6, 6.07) is 10.4. The highest BCUT2D eigenvalue weighted by Gasteiger charge is 2.04. The van der Waals surface area contributed by atoms with Gasteiger partial charge in [0.05, 0.1) is 6.10 Å². The monoisotopic (exact) mass is 207 g/mol. The maximum atomic E-state index is 9.66. The van der Waals surface area contributed by atoms with Gasteiger partial charge >= 0.3 is 0 Å². The third-order valence-corrected chi connectivity index (χ3v) is 2.42. The van der Waals surface area contributed by atoms with Crippen molar-refractivity contribution in [2.24, 2.45) is 0 Å². The highest BCUT2D eigenvalue weighted by molar-refractivity contribution is 5.14. The van der Waals surface area contributed by atoms with Crippen LogP contribution in [0.2, 0.25) is 0 Å². The van der Waals surface area contributed by atoms with Crippen molar-refractivity contribution in [3.05, 3.63) is 35.9 Å². The minimum absolute atomic E-state index is 0.191. The molecule has 0 saturated heterocycles. The van der Waals surface area contributed by atoms with Crippen LogP contribution in [0.1, 0.15) is 18.4 Å². The molecule has 15 heavy (non-hydrogen) atoms. The number of aryl methyl sites for hydroxylation is 1. The first-order valence-electron chi connectivity index (χ1n) is 5.55. The van der Waals surface area contributed by atoms with Crippen LogP contribution in [0.5, 0.6) is 0 Å². The van der Waals surface area contributed by atoms with Gasteiger partial charge in [0.1, 0.15) is 0 Å². The average molecular weight is 207 g/mol. The molecule has 1 N–H and O–H groups in total. The largest absolute Gasteiger partial charge is 0.392 e. The molecule has 2 heteroatoms. The molecule has 0 heterocycles. The van der Waals surface area contributed by atoms with Crippen molar-refractivity contribution in [1.29, 1.82) is 0 Å². The van der Waals surface area contributed by atoms with Gasteiger partial charge in [0.2, 0.25) is 0 Å². The maximum absolute atomic E-state index is 9.66. The summed E-state index contributed by atoms with van der Waals surface area (Å²) in [6.45, 7) is 0.759. The molecule has 1 rings (SSSR count). The molecule has 1 atom stereocenters. The van der Waals surface area contributed by atoms with Gasteiger partial charge in [0.25, 0.3) is 0 Å². The summed E-state index contributed by atoms with van der Waals surface area (Å²) in [5.41, 5.74) is 1.36. The van der Waals surface area contributed by atoms with E-state index in [0.29, 0.717) is 0 Å². The minimum atomic E-state index is -0.191. The van der Waals surface area contributed by atoms with Gasteiger partial charge in [-0.3, -0.25) is 0 Å². The van der Waals surface area contributed by atoms with Gasteiger partial charge in [-0.1, -0.05) is 30.3 Å². The van der Waals surface area contributed by atoms with Gasteiger partial charge in [0, 0.05) is 6.54 Å². The average Bonchev–Trinajstić information content (AvgIpc) is 2.18. The maximum Gasteiger partial charge on any atom is 0.0667 e. The van der Waals surface area contributed by atoms with Crippen LogP contribution in [0, 0.1) is 0 Å². The Morgan fingerprint density at radius 2 is 1.87 bits per heavy atom. The molecular weight excluding hydrogens is 186 g/mol. The summed E-state index contributed by atoms with van der Waals surface area (Å²) in [7, 11) is 3.97. The van der Waals surface area contributed by atoms with Gasteiger partial charge in [-0.2, -0.15) is 0 Å². The fraction of sp³-hybridized carbons (Fsp3) is 0.538. The lowest BCUT2D eigenvalue weighted by molar-refractivity contribution is 0.126. The zero-order valence-electron chi connectivity index (χ0n) is 9.69. The molecule has 1 aromatic rings. The number of hydrogen-bond acceptors (Lipinski definition) is 2. The Kier molecular flexibility index (Phi) is 5.37. The Morgan fingerprint density at radius 1 is 1.20 bits per heavy atom. The van der Waals surface area contributed by atoms with E-state index in [-0.39, 0.29) is 6.10 Å². The van der Waals surface area contributed by atoms with Crippen LogP contribution in [0.15, 0.2) is 30.3 Å². The van der Waals surface area contributed by atoms with Crippen LogP contribution in [0.3, 0.4) is 0 Å². The molecule has 0 aliphatic rings. The third-order valence-electron chi connectivity index (χ3n) is 2.42. The molecule has 0 fully saturated rings. The van der Waals surface area contributed by atoms with E-state index in [1.54, 1.807) is 0 Å². The second-order valence-corrected chi connectivity index (χ2v) is 4.29. The van der Waals surface area contributed by atoms with Crippen molar-refractivity contribution in [1.82, 2.24) is 4.90 Å². The molecule has 0 bridgehead atoms. The third kappa shape index (κ3) is 5.55. The second-order valence-electron chi connectivity index (χ2n) is 4.29. The van der Waals surface area contributed by atoms with E-state index < -0.39 is 0 Å². The first-order chi connectivity index (χ1) is 7.18. The topological polar surface area (TPSA) is 23.5 Å². The van der Waals surface area contributed by atoms with Crippen LogP contribution < -0.4 is 0 Å². The number of aliphatic hydroxyl groups is 1. The zero-order chi connectivity index (χ0) is 11.1. The van der Waals surface area contributed by atoms with E-state index in [0.717, 1.165) is 25.8 Å². The van der Waals surface area contributed by atoms with Gasteiger partial charge in [-0.05, 0) is 38.9 Å². The van der Waals surface area contributed by atoms with E-state index in [2.05, 4.69) is 24.3 Å². The lowest BCUT2D eigenvalue weighted by atomic mass is 10.1. The van der Waals surface area contributed by atoms with Crippen LogP contribution in [-0.4, -0.2) is 36.8 Å². The first kappa shape index (κ1) is 12.2. The number of aliphatic hydroxyl groups excluding tert-OH is 1. The van der Waals surface area contributed by atoms with E-state index >= 15 is 0 Å². The van der Waals surface area contributed by atoms with Crippen molar-refractivity contribution in [2.45, 2.75) is 25.4 Å². The fourth-order valence-electron chi connectivity index (χ4n) is 1.70. The van der Waals surface area contributed by atoms with E-state index in [4.69, 9.17) is 0 Å². The van der Waals surface area contributed by atoms with Gasteiger partial charge in [-0.15, -0.1) is 0 Å². The predicted molar refractivity (Wildman–Crippen MR) is 63.9 cm³/mol. The van der Waals surface area contributed by atoms with Gasteiger partial charge in [-0.25, -0.2) is 0 Å². The van der Waals surface area contributed by atoms with Crippen molar-refractivity contribution >= 4 is 0 Å². The summed E-state index contributed by atoms with van der Waals surface area (Å²) >= 11 is 0. The molecule has 0 aromatic heterocycles. The quantitative estimate of drug-likeness (QED) is 0.770. The molecule has 0 amide bonds. The van der Waals surface area contributed by atoms with E-state index in [1.165, 1.54) is 5.56 Å². The first-order valence-corrected chi connectivity index (χ1v) is 5.55. The summed E-state index contributed by atoms with van der Waals surface area (Å²) in [5.74, 6) is 0. The standard InChI is InChI=1S/C13H21NO/c1-14(2)11-13(15)10-6-9-12-7-4-3-5-8-12/h3-5,7-8,13,15H,6,9-11H2,1-2H3. The Labute approximate surface area is 92.5 Å². The van der Waals surface area contributed by atoms with Crippen molar-refractivity contribution in [2.75, 3.05) is 20.6 Å². The fourth-order valence-corrected chi connectivity index (χ4v) is 1.70. The summed E-state index contributed by atoms with van der Waals surface area (Å²) in [5, 5.41) is 9.66. The Bertz CT molecular complexity index is 258. The minimum Gasteiger partial charge on any atom is -0.392 e. The second kappa shape index (κ2) is 6.59. The Balaban J connectivity index is 2.16. The number of rotatable bonds is 6. The van der Waals surface area contributed by atoms with E-state index in [1.807, 2.05) is 25.1 Å². The summed E-state index contributed by atoms with van der Waals surface area (Å²) in [6.07, 6.45) is 2.81. The number of benzene rings is 1. The van der Waals surface area contributed by atoms with Gasteiger partial charge < -0.3 is 10.0 Å². The Morgan fingerprint density at radius 3 is 2.47 bits per heavy atom. The SMILES string of the molecule is CN(C)CC(O)CCCc1ccccc1. The molecule has 0 aliphatic carbocycles. The molecule has 0 spiro atoms. The molecule has 0 saturated carbocycles. The van der Waals surface area contributed by atoms with Crippen LogP contribution in [0.25, 0.3) is 0 Å². The highest BCUT2D eigenvalue weighted by Crippen LogP contribution is 2.06. The van der Waals surface area contributed by atoms with Crippen molar-refractivity contribution in [3.63, 3.8) is 0 Å². The normalized spacial score (nSPS) is 13.1. The van der Waals surface area contributed by atoms with Crippen molar-refractivity contribution < 1.29 is 5.11 Å². The van der Waals surface area contributed by atoms with Crippen LogP contribution >= 0.6 is 0 Å². The lowest BCUT2D eigenvalue weighted by Gasteiger charge is -2.15. The molecule has 2 nitrogen and oxygen atoms in total. The summed E-state index contributed by atoms with van der Waals surface area (Å²) < 4.78 is 0. The summed E-state index contributed by atoms with van der Waals surface area (Å²) in [4.78, 5) is 2.02. The molecule has 0 radical (unpaired) electrons. The Hall–Kier alpha value is -0.860. The van der Waals surface area contributed by atoms with Gasteiger partial charge in [0.15, 0.2) is 0 Å². The highest BCUT2D eigenvalue weighted by atomic mass is 16.3. The number of nitrogens with zero attached hydrogens (tertiary/aromatic N) is 1. The zero-order valence-corrected chi connectivity index (χ0v) is 9.69. The number of hydrogen-bond donors (Lipinski definition) is 1. The molecule has 1 aromatic carbocycles. The smallest absolute Gasteiger partial charge is 0.0667 e. The molecule has 84 valence electrons. The molecule has 1 unspecified atom stereocenters. The lowest BCUT2D eigenvalue weighted by Crippen LogP contribution is -2.25. The van der Waals surface area contributed by atoms with Crippen LogP contribution in [0.4, 0.5) is 0 Å². The van der Waals surface area contributed by atoms with Crippen LogP contribution in [-0.2, 0) is 6.42 Å². The molecule has 0 aliphatic heterocycles. The number of likely N-dealkylation sites (N-methyl/N-ethyl adjacent to an activating group) is 1.